The summed E-state index contributed by atoms with van der Waals surface area (Å²) < 4.78 is 21.5. The fourth-order valence-corrected chi connectivity index (χ4v) is 19.6. The van der Waals surface area contributed by atoms with Gasteiger partial charge in [-0.05, 0) is 206 Å². The van der Waals surface area contributed by atoms with Crippen LogP contribution in [0.2, 0.25) is 0 Å². The Morgan fingerprint density at radius 3 is 1.39 bits per heavy atom. The van der Waals surface area contributed by atoms with E-state index in [0.717, 1.165) is 134 Å². The summed E-state index contributed by atoms with van der Waals surface area (Å²) in [6, 6.07) is 41.8. The molecule has 4 aliphatic carbocycles. The van der Waals surface area contributed by atoms with Crippen molar-refractivity contribution in [1.82, 2.24) is 50.1 Å². The summed E-state index contributed by atoms with van der Waals surface area (Å²) in [6.07, 6.45) is 24.1. The summed E-state index contributed by atoms with van der Waals surface area (Å²) in [5.74, 6) is 0.884. The number of carbonyl (C=O) groups excluding carboxylic acids is 3. The number of aromatic amines is 5. The van der Waals surface area contributed by atoms with Gasteiger partial charge in [0.2, 0.25) is 0 Å². The van der Waals surface area contributed by atoms with E-state index < -0.39 is 40.1 Å². The Labute approximate surface area is 746 Å². The summed E-state index contributed by atoms with van der Waals surface area (Å²) in [5.41, 5.74) is 7.15. The molecular weight excluding hydrogens is 1670 g/mol. The van der Waals surface area contributed by atoms with E-state index in [-0.39, 0.29) is 33.5 Å². The van der Waals surface area contributed by atoms with Crippen molar-refractivity contribution in [2.24, 2.45) is 0 Å². The van der Waals surface area contributed by atoms with E-state index in [1.54, 1.807) is 66.3 Å². The Hall–Kier alpha value is -12.1. The normalized spacial score (nSPS) is 14.7. The number of benzene rings is 4. The number of rotatable bonds is 23. The minimum absolute atomic E-state index is 0.0164. The number of amides is 3. The first kappa shape index (κ1) is 90.2. The molecule has 0 bridgehead atoms. The molecule has 4 aliphatic rings. The third kappa shape index (κ3) is 21.9. The third-order valence-corrected chi connectivity index (χ3v) is 27.9. The molecule has 9 N–H and O–H groups in total. The zero-order chi connectivity index (χ0) is 88.9. The first-order valence-corrected chi connectivity index (χ1v) is 46.2. The van der Waals surface area contributed by atoms with E-state index in [1.165, 1.54) is 77.3 Å². The number of hydrogen-bond acceptors (Lipinski definition) is 21. The molecule has 0 unspecified atom stereocenters. The van der Waals surface area contributed by atoms with Crippen molar-refractivity contribution in [3.8, 4) is 70.2 Å². The molecule has 4 fully saturated rings. The van der Waals surface area contributed by atoms with Crippen LogP contribution in [0.3, 0.4) is 0 Å². The number of hydrogen-bond donors (Lipinski definition) is 9. The Balaban J connectivity index is 0.000000136. The fraction of sp³-hybridized carbons (Fsp3) is 0.354. The number of nitrogens with zero attached hydrogens (tertiary/aromatic N) is 8. The summed E-state index contributed by atoms with van der Waals surface area (Å²) in [5, 5.41) is 28.9. The molecule has 3 amide bonds. The van der Waals surface area contributed by atoms with Crippen LogP contribution in [0, 0.1) is 20.8 Å². The van der Waals surface area contributed by atoms with Crippen molar-refractivity contribution in [2.45, 2.75) is 173 Å². The summed E-state index contributed by atoms with van der Waals surface area (Å²) in [7, 11) is 11.4. The van der Waals surface area contributed by atoms with Crippen molar-refractivity contribution >= 4 is 95.5 Å². The van der Waals surface area contributed by atoms with Crippen molar-refractivity contribution in [3.05, 3.63) is 255 Å². The van der Waals surface area contributed by atoms with Crippen molar-refractivity contribution in [2.75, 3.05) is 79.5 Å². The number of thiazole rings is 3. The van der Waals surface area contributed by atoms with Crippen LogP contribution in [0.1, 0.15) is 210 Å². The molecule has 0 radical (unpaired) electrons. The number of pyridine rings is 4. The topological polar surface area (TPSA) is 338 Å². The quantitative estimate of drug-likeness (QED) is 0.0269. The number of halogens is 1. The predicted molar refractivity (Wildman–Crippen MR) is 507 cm³/mol. The Morgan fingerprint density at radius 1 is 0.484 bits per heavy atom. The van der Waals surface area contributed by atoms with Gasteiger partial charge in [0, 0.05) is 121 Å². The smallest absolute Gasteiger partial charge is 0.261 e. The van der Waals surface area contributed by atoms with E-state index in [9.17, 15) is 38.7 Å². The van der Waals surface area contributed by atoms with Gasteiger partial charge in [0.05, 0.1) is 38.2 Å². The van der Waals surface area contributed by atoms with Gasteiger partial charge < -0.3 is 60.4 Å². The highest BCUT2D eigenvalue weighted by Gasteiger charge is 2.38. The maximum absolute atomic E-state index is 15.7. The number of alkyl halides is 1. The Kier molecular flexibility index (Phi) is 29.0. The molecular formula is C96H107FN16O9S4. The monoisotopic (exact) mass is 1770 g/mol. The van der Waals surface area contributed by atoms with E-state index >= 15 is 4.39 Å². The Morgan fingerprint density at radius 2 is 0.937 bits per heavy atom. The molecule has 0 saturated heterocycles. The van der Waals surface area contributed by atoms with Gasteiger partial charge in [-0.1, -0.05) is 145 Å². The zero-order valence-electron chi connectivity index (χ0n) is 72.6. The average Bonchev–Trinajstić information content (AvgIpc) is 1.53. The predicted octanol–water partition coefficient (Wildman–Crippen LogP) is 20.3. The first-order valence-electron chi connectivity index (χ1n) is 42.9. The second-order valence-electron chi connectivity index (χ2n) is 33.4. The molecule has 0 atom stereocenters. The summed E-state index contributed by atoms with van der Waals surface area (Å²) >= 11 is 5.99. The second kappa shape index (κ2) is 40.5. The van der Waals surface area contributed by atoms with E-state index in [4.69, 9.17) is 4.74 Å². The van der Waals surface area contributed by atoms with Crippen LogP contribution < -0.4 is 57.6 Å². The zero-order valence-corrected chi connectivity index (χ0v) is 75.9. The maximum Gasteiger partial charge on any atom is 0.261 e. The molecule has 9 heterocycles. The van der Waals surface area contributed by atoms with Gasteiger partial charge in [-0.25, -0.2) is 24.3 Å². The van der Waals surface area contributed by atoms with Gasteiger partial charge in [-0.15, -0.1) is 11.3 Å². The number of aryl methyl sites for hydroxylation is 3. The lowest BCUT2D eigenvalue weighted by Gasteiger charge is -2.32. The van der Waals surface area contributed by atoms with Crippen LogP contribution in [0.5, 0.6) is 5.75 Å². The highest BCUT2D eigenvalue weighted by Crippen LogP contribution is 2.48. The highest BCUT2D eigenvalue weighted by atomic mass is 32.1. The van der Waals surface area contributed by atoms with Gasteiger partial charge in [0.15, 0.2) is 26.9 Å². The highest BCUT2D eigenvalue weighted by molar-refractivity contribution is 7.19. The van der Waals surface area contributed by atoms with Crippen LogP contribution in [0.4, 0.5) is 36.8 Å². The molecule has 4 aromatic carbocycles. The van der Waals surface area contributed by atoms with Crippen molar-refractivity contribution in [1.29, 1.82) is 0 Å². The minimum Gasteiger partial charge on any atom is -0.494 e. The molecule has 0 spiro atoms. The van der Waals surface area contributed by atoms with Crippen LogP contribution in [-0.4, -0.2) is 122 Å². The van der Waals surface area contributed by atoms with Crippen molar-refractivity contribution < 1.29 is 28.6 Å². The van der Waals surface area contributed by atoms with E-state index in [2.05, 4.69) is 85.1 Å². The molecule has 4 saturated carbocycles. The van der Waals surface area contributed by atoms with Gasteiger partial charge in [0.1, 0.15) is 34.4 Å². The Bertz CT molecular complexity index is 6020. The van der Waals surface area contributed by atoms with Gasteiger partial charge in [-0.2, -0.15) is 5.10 Å². The largest absolute Gasteiger partial charge is 0.494 e. The molecule has 17 rings (SSSR count). The maximum atomic E-state index is 15.7. The number of carbonyl (C=O) groups is 3. The number of H-pyrrole nitrogens is 5. The van der Waals surface area contributed by atoms with E-state index in [0.29, 0.717) is 105 Å². The van der Waals surface area contributed by atoms with Crippen LogP contribution >= 0.6 is 45.3 Å². The lowest BCUT2D eigenvalue weighted by molar-refractivity contribution is -0.00481. The van der Waals surface area contributed by atoms with Crippen LogP contribution in [-0.2, 0) is 11.3 Å². The van der Waals surface area contributed by atoms with Crippen LogP contribution in [0.25, 0.3) is 64.4 Å². The number of thiophene rings is 1. The summed E-state index contributed by atoms with van der Waals surface area (Å²) in [6.45, 7) is 8.77. The summed E-state index contributed by atoms with van der Waals surface area (Å²) in [4.78, 5) is 131. The van der Waals surface area contributed by atoms with Gasteiger partial charge in [-0.3, -0.25) is 38.7 Å². The lowest BCUT2D eigenvalue weighted by atomic mass is 9.81. The molecule has 126 heavy (non-hydrogen) atoms. The second-order valence-corrected chi connectivity index (χ2v) is 37.5. The third-order valence-electron chi connectivity index (χ3n) is 23.0. The number of unbranched alkanes of at least 4 members (excludes halogenated alkanes) is 1. The molecule has 656 valence electrons. The molecule has 13 aromatic rings. The molecule has 0 aliphatic heterocycles. The average molecular weight is 1780 g/mol. The number of ether oxygens (including phenoxy) is 1. The van der Waals surface area contributed by atoms with Gasteiger partial charge in [0.25, 0.3) is 40.0 Å². The number of anilines is 6. The number of aliphatic hydroxyl groups is 1. The standard InChI is InChI=1S/C24H27FN4O2S.C24H28N4O3S.C24H24N4O2S.C24H28N4O2S/c1-15-7-9-16(10-8-15)27-21(30)20-17(18-14-26-23(32-18)29(2)3)13-19(28-22(20)31)24(25)11-5-4-6-12-24;1-15-7-9-16(10-8-15)26-21(29)20-17(18-14-25-23(32-18)28(2)3)13-19(27-22(20)30)24(31)11-5-4-6-12-24;1-2-3-12-30-17-8-6-15(7-9-17)19-13-18(21-11-10-20(31-21)16-4-5-16)22(24(29)27-19)23-25-14-26-28-23;1-15-9-11-17(12-10-15)26-22(29)21-18(20-14-25-24(31-20)28(2)3)13-19(27-23(21)30)16-7-5-4-6-8-16/h7-10,13-14H,4-6,11-12H2,1-3H3,(H,27,30)(H,28,31);7-10,13-14,31H,4-6,11-12H2,1-3H3,(H,26,29)(H,27,30);6-11,13-14,16H,2-5,12H2,1H3,(H,27,29)(H,25,26,28);9-14,16H,4-8H2,1-3H3,(H,26,29)(H,27,30). The fourth-order valence-electron chi connectivity index (χ4n) is 15.8. The van der Waals surface area contributed by atoms with Crippen molar-refractivity contribution in [3.63, 3.8) is 0 Å². The molecule has 9 aromatic heterocycles. The lowest BCUT2D eigenvalue weighted by Crippen LogP contribution is -2.34. The minimum atomic E-state index is -1.59. The first-order chi connectivity index (χ1) is 60.7. The van der Waals surface area contributed by atoms with E-state index in [1.807, 2.05) is 163 Å². The molecule has 25 nitrogen and oxygen atoms in total. The molecule has 30 heteroatoms. The number of nitrogens with one attached hydrogen (secondary N) is 8. The SMILES string of the molecule is CCCCOc1ccc(-c2cc(-c3ccc(C4CC4)s3)c(-c3ncn[nH]3)c(=O)[nH]2)cc1.Cc1ccc(NC(=O)c2c(-c3cnc(N(C)C)s3)cc(C3(F)CCCCC3)[nH]c2=O)cc1.Cc1ccc(NC(=O)c2c(-c3cnc(N(C)C)s3)cc(C3(O)CCCCC3)[nH]c2=O)cc1.Cc1ccc(NC(=O)c2c(-c3cnc(N(C)C)s3)cc(C3CCCCC3)[nH]c2=O)cc1. The number of aromatic nitrogens is 10. The van der Waals surface area contributed by atoms with Crippen LogP contribution in [0.15, 0.2) is 178 Å². The van der Waals surface area contributed by atoms with Gasteiger partial charge >= 0.3 is 0 Å².